The zero-order chi connectivity index (χ0) is 21.5. The Balaban J connectivity index is 1.79. The molecule has 1 aliphatic rings. The zero-order valence-corrected chi connectivity index (χ0v) is 17.5. The summed E-state index contributed by atoms with van der Waals surface area (Å²) in [6.07, 6.45) is 3.15. The van der Waals surface area contributed by atoms with Crippen LogP contribution in [0.4, 0.5) is 5.69 Å². The summed E-state index contributed by atoms with van der Waals surface area (Å²) >= 11 is 0. The molecule has 1 aromatic heterocycles. The lowest BCUT2D eigenvalue weighted by Gasteiger charge is -2.26. The van der Waals surface area contributed by atoms with Crippen LogP contribution in [0.2, 0.25) is 0 Å². The molecule has 0 bridgehead atoms. The van der Waals surface area contributed by atoms with Crippen molar-refractivity contribution >= 4 is 17.5 Å². The highest BCUT2D eigenvalue weighted by Crippen LogP contribution is 2.37. The van der Waals surface area contributed by atoms with Crippen LogP contribution in [-0.4, -0.2) is 75.7 Å². The second-order valence-corrected chi connectivity index (χ2v) is 6.99. The first-order valence-corrected chi connectivity index (χ1v) is 9.64. The molecule has 0 radical (unpaired) electrons. The molecule has 0 spiro atoms. The molecule has 0 unspecified atom stereocenters. The average Bonchev–Trinajstić information content (AvgIpc) is 3.26. The number of hydrogen-bond donors (Lipinski definition) is 1. The van der Waals surface area contributed by atoms with Crippen LogP contribution in [0, 0.1) is 0 Å². The van der Waals surface area contributed by atoms with E-state index in [1.54, 1.807) is 42.7 Å². The summed E-state index contributed by atoms with van der Waals surface area (Å²) < 4.78 is 21.2. The Morgan fingerprint density at radius 3 is 2.60 bits per heavy atom. The molecule has 3 rings (SSSR count). The molecule has 1 fully saturated rings. The van der Waals surface area contributed by atoms with E-state index in [1.807, 2.05) is 4.90 Å². The third kappa shape index (κ3) is 5.31. The summed E-state index contributed by atoms with van der Waals surface area (Å²) in [6, 6.07) is 5.01. The van der Waals surface area contributed by atoms with E-state index < -0.39 is 0 Å². The van der Waals surface area contributed by atoms with Crippen molar-refractivity contribution in [3.8, 4) is 11.5 Å². The summed E-state index contributed by atoms with van der Waals surface area (Å²) in [5, 5.41) is 2.85. The second-order valence-electron chi connectivity index (χ2n) is 6.99. The van der Waals surface area contributed by atoms with Gasteiger partial charge in [0.15, 0.2) is 11.5 Å². The number of furan rings is 1. The predicted molar refractivity (Wildman–Crippen MR) is 110 cm³/mol. The molecule has 1 aromatic carbocycles. The van der Waals surface area contributed by atoms with E-state index in [0.717, 1.165) is 5.56 Å². The number of anilines is 1. The summed E-state index contributed by atoms with van der Waals surface area (Å²) in [5.74, 6) is 0.304. The largest absolute Gasteiger partial charge is 0.493 e. The van der Waals surface area contributed by atoms with Crippen LogP contribution >= 0.6 is 0 Å². The van der Waals surface area contributed by atoms with Gasteiger partial charge in [0.05, 0.1) is 52.2 Å². The van der Waals surface area contributed by atoms with Crippen LogP contribution in [0.1, 0.15) is 15.9 Å². The Labute approximate surface area is 175 Å². The normalized spacial score (nSPS) is 14.2. The van der Waals surface area contributed by atoms with Gasteiger partial charge in [0, 0.05) is 37.8 Å². The topological polar surface area (TPSA) is 93.5 Å². The summed E-state index contributed by atoms with van der Waals surface area (Å²) in [5.41, 5.74) is 1.64. The lowest BCUT2D eigenvalue weighted by Crippen LogP contribution is -2.41. The minimum atomic E-state index is -0.221. The number of nitrogens with one attached hydrogen (secondary N) is 1. The number of morpholine rings is 1. The number of carbonyl (C=O) groups excluding carboxylic acids is 2. The molecule has 0 saturated carbocycles. The third-order valence-corrected chi connectivity index (χ3v) is 4.82. The van der Waals surface area contributed by atoms with Gasteiger partial charge in [-0.1, -0.05) is 0 Å². The third-order valence-electron chi connectivity index (χ3n) is 4.82. The summed E-state index contributed by atoms with van der Waals surface area (Å²) in [4.78, 5) is 29.1. The fourth-order valence-electron chi connectivity index (χ4n) is 3.28. The summed E-state index contributed by atoms with van der Waals surface area (Å²) in [7, 11) is 4.67. The first-order chi connectivity index (χ1) is 14.5. The molecule has 0 atom stereocenters. The number of benzene rings is 1. The molecule has 1 saturated heterocycles. The van der Waals surface area contributed by atoms with Gasteiger partial charge in [-0.15, -0.1) is 0 Å². The number of amides is 2. The van der Waals surface area contributed by atoms with Crippen LogP contribution in [-0.2, 0) is 16.1 Å². The molecule has 1 aliphatic heterocycles. The molecule has 30 heavy (non-hydrogen) atoms. The molecule has 9 nitrogen and oxygen atoms in total. The molecule has 1 N–H and O–H groups in total. The van der Waals surface area contributed by atoms with Gasteiger partial charge in [-0.05, 0) is 18.2 Å². The van der Waals surface area contributed by atoms with E-state index in [9.17, 15) is 9.59 Å². The van der Waals surface area contributed by atoms with Crippen LogP contribution in [0.25, 0.3) is 0 Å². The molecule has 0 aliphatic carbocycles. The van der Waals surface area contributed by atoms with Crippen molar-refractivity contribution in [2.45, 2.75) is 6.54 Å². The van der Waals surface area contributed by atoms with Gasteiger partial charge in [0.25, 0.3) is 5.91 Å². The maximum atomic E-state index is 13.0. The lowest BCUT2D eigenvalue weighted by molar-refractivity contribution is -0.118. The Hall–Kier alpha value is -3.04. The minimum absolute atomic E-state index is 0.200. The number of ether oxygens (including phenoxy) is 3. The van der Waals surface area contributed by atoms with E-state index in [-0.39, 0.29) is 18.4 Å². The Morgan fingerprint density at radius 2 is 1.97 bits per heavy atom. The van der Waals surface area contributed by atoms with Gasteiger partial charge in [0.2, 0.25) is 5.91 Å². The Kier molecular flexibility index (Phi) is 7.31. The van der Waals surface area contributed by atoms with E-state index in [0.29, 0.717) is 55.6 Å². The van der Waals surface area contributed by atoms with Crippen molar-refractivity contribution in [3.05, 3.63) is 41.9 Å². The van der Waals surface area contributed by atoms with Crippen molar-refractivity contribution in [1.29, 1.82) is 0 Å². The number of rotatable bonds is 8. The molecule has 2 amide bonds. The van der Waals surface area contributed by atoms with Crippen LogP contribution in [0.5, 0.6) is 11.5 Å². The van der Waals surface area contributed by atoms with E-state index >= 15 is 0 Å². The first-order valence-electron chi connectivity index (χ1n) is 9.64. The maximum absolute atomic E-state index is 13.0. The van der Waals surface area contributed by atoms with Gasteiger partial charge < -0.3 is 28.8 Å². The number of methoxy groups -OCH3 is 2. The van der Waals surface area contributed by atoms with Crippen molar-refractivity contribution in [3.63, 3.8) is 0 Å². The molecule has 162 valence electrons. The number of hydrogen-bond acceptors (Lipinski definition) is 7. The molecule has 2 aromatic rings. The van der Waals surface area contributed by atoms with Gasteiger partial charge in [-0.3, -0.25) is 14.5 Å². The predicted octanol–water partition coefficient (Wildman–Crippen LogP) is 1.84. The molecule has 9 heteroatoms. The SMILES string of the molecule is COc1cc(C(=O)N(C)Cc2ccoc2)cc(NC(=O)CN2CCOCC2)c1OC. The monoisotopic (exact) mass is 417 g/mol. The minimum Gasteiger partial charge on any atom is -0.493 e. The Bertz CT molecular complexity index is 862. The zero-order valence-electron chi connectivity index (χ0n) is 17.5. The average molecular weight is 417 g/mol. The highest BCUT2D eigenvalue weighted by molar-refractivity contribution is 5.99. The first kappa shape index (κ1) is 21.7. The van der Waals surface area contributed by atoms with Crippen LogP contribution in [0.3, 0.4) is 0 Å². The highest BCUT2D eigenvalue weighted by Gasteiger charge is 2.21. The van der Waals surface area contributed by atoms with Crippen molar-refractivity contribution in [1.82, 2.24) is 9.80 Å². The molecular weight excluding hydrogens is 390 g/mol. The number of nitrogens with zero attached hydrogens (tertiary/aromatic N) is 2. The maximum Gasteiger partial charge on any atom is 0.254 e. The van der Waals surface area contributed by atoms with Crippen molar-refractivity contribution in [2.24, 2.45) is 0 Å². The molecular formula is C21H27N3O6. The van der Waals surface area contributed by atoms with Gasteiger partial charge in [0.1, 0.15) is 0 Å². The standard InChI is InChI=1S/C21H27N3O6/c1-23(12-15-4-7-30-14-15)21(26)16-10-17(20(28-3)18(11-16)27-2)22-19(25)13-24-5-8-29-9-6-24/h4,7,10-11,14H,5-6,8-9,12-13H2,1-3H3,(H,22,25). The fourth-order valence-corrected chi connectivity index (χ4v) is 3.28. The van der Waals surface area contributed by atoms with E-state index in [2.05, 4.69) is 5.32 Å². The van der Waals surface area contributed by atoms with Gasteiger partial charge in [-0.2, -0.15) is 0 Å². The van der Waals surface area contributed by atoms with Gasteiger partial charge >= 0.3 is 0 Å². The van der Waals surface area contributed by atoms with E-state index in [1.165, 1.54) is 14.2 Å². The molecule has 2 heterocycles. The van der Waals surface area contributed by atoms with Gasteiger partial charge in [-0.25, -0.2) is 0 Å². The van der Waals surface area contributed by atoms with Crippen LogP contribution < -0.4 is 14.8 Å². The quantitative estimate of drug-likeness (QED) is 0.700. The fraction of sp³-hybridized carbons (Fsp3) is 0.429. The second kappa shape index (κ2) is 10.1. The lowest BCUT2D eigenvalue weighted by atomic mass is 10.1. The number of carbonyl (C=O) groups is 2. The smallest absolute Gasteiger partial charge is 0.254 e. The van der Waals surface area contributed by atoms with Crippen molar-refractivity contribution < 1.29 is 28.2 Å². The van der Waals surface area contributed by atoms with E-state index in [4.69, 9.17) is 18.6 Å². The Morgan fingerprint density at radius 1 is 1.20 bits per heavy atom. The summed E-state index contributed by atoms with van der Waals surface area (Å²) in [6.45, 7) is 3.24. The highest BCUT2D eigenvalue weighted by atomic mass is 16.5. The van der Waals surface area contributed by atoms with Crippen molar-refractivity contribution in [2.75, 3.05) is 59.4 Å². The van der Waals surface area contributed by atoms with Crippen LogP contribution in [0.15, 0.2) is 35.1 Å².